The Morgan fingerprint density at radius 2 is 1.71 bits per heavy atom. The molecule has 0 saturated carbocycles. The second-order valence-electron chi connectivity index (χ2n) is 7.51. The molecular weight excluding hydrogens is 454 g/mol. The Kier molecular flexibility index (Phi) is 9.05. The molecule has 0 aromatic heterocycles. The first-order chi connectivity index (χ1) is 16.4. The summed E-state index contributed by atoms with van der Waals surface area (Å²) in [4.78, 5) is 24.0. The van der Waals surface area contributed by atoms with Crippen LogP contribution in [-0.4, -0.2) is 25.1 Å². The Labute approximate surface area is 203 Å². The molecule has 8 heteroatoms. The van der Waals surface area contributed by atoms with E-state index in [-0.39, 0.29) is 24.7 Å². The van der Waals surface area contributed by atoms with E-state index in [9.17, 15) is 9.59 Å². The molecule has 0 unspecified atom stereocenters. The molecule has 0 bridgehead atoms. The number of methoxy groups -OCH3 is 1. The average Bonchev–Trinajstić information content (AvgIpc) is 2.84. The van der Waals surface area contributed by atoms with Gasteiger partial charge in [-0.25, -0.2) is 5.43 Å². The largest absolute Gasteiger partial charge is 0.493 e. The minimum atomic E-state index is -0.379. The summed E-state index contributed by atoms with van der Waals surface area (Å²) in [6.07, 6.45) is 1.49. The van der Waals surface area contributed by atoms with Gasteiger partial charge in [-0.15, -0.1) is 0 Å². The summed E-state index contributed by atoms with van der Waals surface area (Å²) in [5, 5.41) is 7.06. The minimum absolute atomic E-state index is 0.00736. The number of carbonyl (C=O) groups is 2. The van der Waals surface area contributed by atoms with E-state index in [1.165, 1.54) is 11.8 Å². The van der Waals surface area contributed by atoms with Crippen molar-refractivity contribution >= 4 is 35.3 Å². The molecule has 0 aliphatic carbocycles. The maximum Gasteiger partial charge on any atom is 0.240 e. The number of benzene rings is 3. The Bertz CT molecular complexity index is 1160. The number of hydrogen-bond donors (Lipinski definition) is 2. The van der Waals surface area contributed by atoms with Crippen molar-refractivity contribution in [1.82, 2.24) is 5.43 Å². The first-order valence-corrected chi connectivity index (χ1v) is 11.0. The molecule has 0 saturated heterocycles. The fraction of sp³-hybridized carbons (Fsp3) is 0.192. The SMILES string of the molecule is COc1cc(C=NNC(=O)CCC(=O)Nc2ccccc2Cl)ccc1OCc1ccc(C)cc1. The molecule has 34 heavy (non-hydrogen) atoms. The molecule has 176 valence electrons. The molecule has 3 aromatic rings. The van der Waals surface area contributed by atoms with Gasteiger partial charge < -0.3 is 14.8 Å². The number of amides is 2. The van der Waals surface area contributed by atoms with Crippen molar-refractivity contribution in [2.75, 3.05) is 12.4 Å². The van der Waals surface area contributed by atoms with Gasteiger partial charge in [-0.05, 0) is 48.4 Å². The molecule has 7 nitrogen and oxygen atoms in total. The third-order valence-corrected chi connectivity index (χ3v) is 5.16. The number of hydrazone groups is 1. The number of halogens is 1. The number of hydrogen-bond acceptors (Lipinski definition) is 5. The van der Waals surface area contributed by atoms with E-state index in [1.54, 1.807) is 49.6 Å². The van der Waals surface area contributed by atoms with Crippen LogP contribution in [0, 0.1) is 6.92 Å². The zero-order chi connectivity index (χ0) is 24.3. The Morgan fingerprint density at radius 3 is 2.44 bits per heavy atom. The highest BCUT2D eigenvalue weighted by Crippen LogP contribution is 2.28. The quantitative estimate of drug-likeness (QED) is 0.312. The summed E-state index contributed by atoms with van der Waals surface area (Å²) in [7, 11) is 1.56. The van der Waals surface area contributed by atoms with Crippen LogP contribution in [0.5, 0.6) is 11.5 Å². The smallest absolute Gasteiger partial charge is 0.240 e. The minimum Gasteiger partial charge on any atom is -0.493 e. The number of ether oxygens (including phenoxy) is 2. The summed E-state index contributed by atoms with van der Waals surface area (Å²) in [6.45, 7) is 2.46. The first kappa shape index (κ1) is 24.8. The molecule has 3 aromatic carbocycles. The number of nitrogens with one attached hydrogen (secondary N) is 2. The lowest BCUT2D eigenvalue weighted by atomic mass is 10.2. The van der Waals surface area contributed by atoms with Crippen molar-refractivity contribution in [2.24, 2.45) is 5.10 Å². The van der Waals surface area contributed by atoms with Crippen molar-refractivity contribution in [1.29, 1.82) is 0 Å². The van der Waals surface area contributed by atoms with Crippen LogP contribution in [0.2, 0.25) is 5.02 Å². The Balaban J connectivity index is 1.46. The average molecular weight is 480 g/mol. The van der Waals surface area contributed by atoms with Crippen LogP contribution < -0.4 is 20.2 Å². The number of para-hydroxylation sites is 1. The van der Waals surface area contributed by atoms with Crippen molar-refractivity contribution in [3.8, 4) is 11.5 Å². The fourth-order valence-corrected chi connectivity index (χ4v) is 3.15. The molecule has 0 aliphatic rings. The van der Waals surface area contributed by atoms with Crippen molar-refractivity contribution < 1.29 is 19.1 Å². The third kappa shape index (κ3) is 7.64. The predicted molar refractivity (Wildman–Crippen MR) is 134 cm³/mol. The van der Waals surface area contributed by atoms with Gasteiger partial charge >= 0.3 is 0 Å². The molecule has 2 N–H and O–H groups in total. The lowest BCUT2D eigenvalue weighted by molar-refractivity contribution is -0.124. The van der Waals surface area contributed by atoms with Gasteiger partial charge in [0.05, 0.1) is 24.0 Å². The molecule has 0 radical (unpaired) electrons. The van der Waals surface area contributed by atoms with Gasteiger partial charge in [-0.3, -0.25) is 9.59 Å². The molecule has 0 heterocycles. The molecule has 0 spiro atoms. The third-order valence-electron chi connectivity index (χ3n) is 4.83. The van der Waals surface area contributed by atoms with Crippen molar-refractivity contribution in [3.63, 3.8) is 0 Å². The van der Waals surface area contributed by atoms with Crippen LogP contribution in [0.3, 0.4) is 0 Å². The van der Waals surface area contributed by atoms with Gasteiger partial charge in [-0.2, -0.15) is 5.10 Å². The lowest BCUT2D eigenvalue weighted by Gasteiger charge is -2.11. The predicted octanol–water partition coefficient (Wildman–Crippen LogP) is 5.11. The summed E-state index contributed by atoms with van der Waals surface area (Å²) < 4.78 is 11.3. The Morgan fingerprint density at radius 1 is 0.971 bits per heavy atom. The van der Waals surface area contributed by atoms with Crippen LogP contribution in [-0.2, 0) is 16.2 Å². The fourth-order valence-electron chi connectivity index (χ4n) is 2.97. The monoisotopic (exact) mass is 479 g/mol. The normalized spacial score (nSPS) is 10.7. The molecule has 2 amide bonds. The highest BCUT2D eigenvalue weighted by atomic mass is 35.5. The number of nitrogens with zero attached hydrogens (tertiary/aromatic N) is 1. The highest BCUT2D eigenvalue weighted by Gasteiger charge is 2.09. The van der Waals surface area contributed by atoms with E-state index >= 15 is 0 Å². The maximum atomic E-state index is 12.0. The molecular formula is C26H26ClN3O4. The lowest BCUT2D eigenvalue weighted by Crippen LogP contribution is -2.20. The van der Waals surface area contributed by atoms with Crippen LogP contribution in [0.25, 0.3) is 0 Å². The molecule has 0 atom stereocenters. The van der Waals surface area contributed by atoms with Crippen LogP contribution in [0.1, 0.15) is 29.5 Å². The van der Waals surface area contributed by atoms with Crippen molar-refractivity contribution in [2.45, 2.75) is 26.4 Å². The highest BCUT2D eigenvalue weighted by molar-refractivity contribution is 6.33. The number of carbonyl (C=O) groups excluding carboxylic acids is 2. The second-order valence-corrected chi connectivity index (χ2v) is 7.91. The topological polar surface area (TPSA) is 89.0 Å². The van der Waals surface area contributed by atoms with Crippen LogP contribution >= 0.6 is 11.6 Å². The van der Waals surface area contributed by atoms with E-state index in [2.05, 4.69) is 15.8 Å². The number of rotatable bonds is 10. The number of aryl methyl sites for hydroxylation is 1. The van der Waals surface area contributed by atoms with Gasteiger partial charge in [0.2, 0.25) is 11.8 Å². The second kappa shape index (κ2) is 12.4. The summed E-state index contributed by atoms with van der Waals surface area (Å²) in [5.74, 6) is 0.473. The standard InChI is InChI=1S/C26H26ClN3O4/c1-18-7-9-19(10-8-18)17-34-23-12-11-20(15-24(23)33-2)16-28-30-26(32)14-13-25(31)29-22-6-4-3-5-21(22)27/h3-12,15-16H,13-14,17H2,1-2H3,(H,29,31)(H,30,32). The summed E-state index contributed by atoms with van der Waals surface area (Å²) >= 11 is 6.01. The van der Waals surface area contributed by atoms with Crippen LogP contribution in [0.15, 0.2) is 71.8 Å². The maximum absolute atomic E-state index is 12.0. The van der Waals surface area contributed by atoms with Crippen LogP contribution in [0.4, 0.5) is 5.69 Å². The first-order valence-electron chi connectivity index (χ1n) is 10.7. The van der Waals surface area contributed by atoms with E-state index in [0.29, 0.717) is 28.8 Å². The zero-order valence-electron chi connectivity index (χ0n) is 19.0. The van der Waals surface area contributed by atoms with Gasteiger partial charge in [0.1, 0.15) is 6.61 Å². The van der Waals surface area contributed by atoms with Crippen molar-refractivity contribution in [3.05, 3.63) is 88.4 Å². The molecule has 0 fully saturated rings. The van der Waals surface area contributed by atoms with Gasteiger partial charge in [0, 0.05) is 12.8 Å². The Hall–Kier alpha value is -3.84. The van der Waals surface area contributed by atoms with E-state index in [0.717, 1.165) is 11.1 Å². The summed E-state index contributed by atoms with van der Waals surface area (Å²) in [5.41, 5.74) is 5.89. The molecule has 0 aliphatic heterocycles. The van der Waals surface area contributed by atoms with Gasteiger partial charge in [0.15, 0.2) is 11.5 Å². The summed E-state index contributed by atoms with van der Waals surface area (Å²) in [6, 6.07) is 20.4. The van der Waals surface area contributed by atoms with E-state index < -0.39 is 0 Å². The number of anilines is 1. The molecule has 3 rings (SSSR count). The van der Waals surface area contributed by atoms with E-state index in [1.807, 2.05) is 31.2 Å². The van der Waals surface area contributed by atoms with E-state index in [4.69, 9.17) is 21.1 Å². The van der Waals surface area contributed by atoms with Gasteiger partial charge in [0.25, 0.3) is 0 Å². The van der Waals surface area contributed by atoms with Gasteiger partial charge in [-0.1, -0.05) is 53.6 Å². The zero-order valence-corrected chi connectivity index (χ0v) is 19.8.